The summed E-state index contributed by atoms with van der Waals surface area (Å²) in [6, 6.07) is 4.71. The van der Waals surface area contributed by atoms with E-state index in [1.54, 1.807) is 22.7 Å². The van der Waals surface area contributed by atoms with Crippen molar-refractivity contribution in [3.8, 4) is 0 Å². The Labute approximate surface area is 146 Å². The molecule has 0 radical (unpaired) electrons. The van der Waals surface area contributed by atoms with Gasteiger partial charge in [-0.3, -0.25) is 9.69 Å². The fourth-order valence-electron chi connectivity index (χ4n) is 1.98. The van der Waals surface area contributed by atoms with Gasteiger partial charge < -0.3 is 0 Å². The summed E-state index contributed by atoms with van der Waals surface area (Å²) in [4.78, 5) is 14.3. The average molecular weight is 377 g/mol. The molecule has 1 aromatic rings. The van der Waals surface area contributed by atoms with E-state index in [4.69, 9.17) is 12.2 Å². The molecule has 1 aliphatic rings. The van der Waals surface area contributed by atoms with Crippen molar-refractivity contribution in [2.75, 3.05) is 18.6 Å². The van der Waals surface area contributed by atoms with Gasteiger partial charge >= 0.3 is 6.18 Å². The predicted octanol–water partition coefficient (Wildman–Crippen LogP) is 4.66. The Morgan fingerprint density at radius 3 is 2.52 bits per heavy atom. The fourth-order valence-corrected chi connectivity index (χ4v) is 3.71. The number of hydrogen-bond donors (Lipinski definition) is 0. The van der Waals surface area contributed by atoms with E-state index in [2.05, 4.69) is 0 Å². The highest BCUT2D eigenvalue weighted by molar-refractivity contribution is 8.26. The van der Waals surface area contributed by atoms with E-state index in [-0.39, 0.29) is 5.91 Å². The van der Waals surface area contributed by atoms with Gasteiger partial charge in [-0.05, 0) is 42.2 Å². The molecular formula is C15H14F3NOS3. The Morgan fingerprint density at radius 1 is 1.30 bits per heavy atom. The van der Waals surface area contributed by atoms with Gasteiger partial charge in [0.25, 0.3) is 5.91 Å². The number of nitrogens with zero attached hydrogens (tertiary/aromatic N) is 1. The van der Waals surface area contributed by atoms with Crippen LogP contribution in [0.25, 0.3) is 6.08 Å². The Kier molecular flexibility index (Phi) is 6.16. The van der Waals surface area contributed by atoms with Gasteiger partial charge in [-0.15, -0.1) is 0 Å². The minimum atomic E-state index is -4.36. The van der Waals surface area contributed by atoms with Crippen LogP contribution in [0.3, 0.4) is 0 Å². The first-order chi connectivity index (χ1) is 10.8. The van der Waals surface area contributed by atoms with Gasteiger partial charge in [-0.25, -0.2) is 0 Å². The zero-order valence-corrected chi connectivity index (χ0v) is 14.7. The molecule has 2 rings (SSSR count). The van der Waals surface area contributed by atoms with Gasteiger partial charge in [0.1, 0.15) is 4.32 Å². The smallest absolute Gasteiger partial charge is 0.293 e. The van der Waals surface area contributed by atoms with Crippen molar-refractivity contribution in [2.45, 2.75) is 12.6 Å². The molecule has 0 saturated carbocycles. The summed E-state index contributed by atoms with van der Waals surface area (Å²) >= 11 is 8.09. The van der Waals surface area contributed by atoms with Gasteiger partial charge in [-0.1, -0.05) is 36.1 Å². The zero-order chi connectivity index (χ0) is 17.0. The standard InChI is InChI=1S/C15H14F3NOS3/c1-22-8-2-7-19-13(20)12(23-14(19)21)9-10-3-5-11(6-4-10)15(16,17)18/h3-6,9H,2,7-8H2,1H3/b12-9-. The molecule has 1 aliphatic heterocycles. The number of rotatable bonds is 5. The summed E-state index contributed by atoms with van der Waals surface area (Å²) in [7, 11) is 0. The van der Waals surface area contributed by atoms with Crippen LogP contribution in [0.15, 0.2) is 29.2 Å². The fraction of sp³-hybridized carbons (Fsp3) is 0.333. The normalized spacial score (nSPS) is 17.4. The minimum Gasteiger partial charge on any atom is -0.293 e. The number of carbonyl (C=O) groups excluding carboxylic acids is 1. The second kappa shape index (κ2) is 7.72. The minimum absolute atomic E-state index is 0.180. The van der Waals surface area contributed by atoms with Crippen LogP contribution in [-0.2, 0) is 11.0 Å². The summed E-state index contributed by atoms with van der Waals surface area (Å²) in [5.74, 6) is 0.760. The van der Waals surface area contributed by atoms with Gasteiger partial charge in [0.05, 0.1) is 10.5 Å². The summed E-state index contributed by atoms with van der Waals surface area (Å²) < 4.78 is 38.1. The molecule has 0 aromatic heterocycles. The molecule has 0 atom stereocenters. The van der Waals surface area contributed by atoms with Crippen LogP contribution in [0.5, 0.6) is 0 Å². The third-order valence-corrected chi connectivity index (χ3v) is 5.21. The predicted molar refractivity (Wildman–Crippen MR) is 94.3 cm³/mol. The van der Waals surface area contributed by atoms with Crippen molar-refractivity contribution in [2.24, 2.45) is 0 Å². The van der Waals surface area contributed by atoms with Crippen molar-refractivity contribution in [3.05, 3.63) is 40.3 Å². The molecule has 1 amide bonds. The molecule has 1 saturated heterocycles. The van der Waals surface area contributed by atoms with Crippen molar-refractivity contribution < 1.29 is 18.0 Å². The summed E-state index contributed by atoms with van der Waals surface area (Å²) in [5, 5.41) is 0. The van der Waals surface area contributed by atoms with Crippen LogP contribution >= 0.6 is 35.7 Å². The molecule has 124 valence electrons. The molecule has 1 heterocycles. The van der Waals surface area contributed by atoms with E-state index in [0.29, 0.717) is 21.3 Å². The number of benzene rings is 1. The number of thioether (sulfide) groups is 2. The lowest BCUT2D eigenvalue weighted by atomic mass is 10.1. The van der Waals surface area contributed by atoms with Crippen LogP contribution in [0, 0.1) is 0 Å². The Bertz CT molecular complexity index is 626. The first-order valence-electron chi connectivity index (χ1n) is 6.74. The maximum absolute atomic E-state index is 12.5. The largest absolute Gasteiger partial charge is 0.416 e. The molecule has 8 heteroatoms. The van der Waals surface area contributed by atoms with Gasteiger partial charge in [0, 0.05) is 6.54 Å². The quantitative estimate of drug-likeness (QED) is 0.422. The van der Waals surface area contributed by atoms with E-state index in [1.807, 2.05) is 6.26 Å². The second-order valence-corrected chi connectivity index (χ2v) is 7.46. The Balaban J connectivity index is 2.11. The molecule has 0 spiro atoms. The number of halogens is 3. The lowest BCUT2D eigenvalue weighted by Crippen LogP contribution is -2.29. The molecule has 23 heavy (non-hydrogen) atoms. The number of thiocarbonyl (C=S) groups is 1. The molecular weight excluding hydrogens is 363 g/mol. The third-order valence-electron chi connectivity index (χ3n) is 3.14. The average Bonchev–Trinajstić information content (AvgIpc) is 2.74. The van der Waals surface area contributed by atoms with Crippen molar-refractivity contribution >= 4 is 52.0 Å². The molecule has 1 fully saturated rings. The first-order valence-corrected chi connectivity index (χ1v) is 9.36. The summed E-state index contributed by atoms with van der Waals surface area (Å²) in [6.07, 6.45) is 0.0588. The molecule has 0 N–H and O–H groups in total. The highest BCUT2D eigenvalue weighted by atomic mass is 32.2. The van der Waals surface area contributed by atoms with Crippen LogP contribution in [-0.4, -0.2) is 33.7 Å². The van der Waals surface area contributed by atoms with E-state index in [1.165, 1.54) is 23.9 Å². The molecule has 0 bridgehead atoms. The van der Waals surface area contributed by atoms with Crippen molar-refractivity contribution in [1.82, 2.24) is 4.90 Å². The molecule has 2 nitrogen and oxygen atoms in total. The summed E-state index contributed by atoms with van der Waals surface area (Å²) in [6.45, 7) is 0.565. The lowest BCUT2D eigenvalue weighted by molar-refractivity contribution is -0.137. The number of alkyl halides is 3. The Morgan fingerprint density at radius 2 is 1.96 bits per heavy atom. The van der Waals surface area contributed by atoms with Crippen LogP contribution in [0.1, 0.15) is 17.5 Å². The van der Waals surface area contributed by atoms with Gasteiger partial charge in [0.15, 0.2) is 0 Å². The van der Waals surface area contributed by atoms with Crippen molar-refractivity contribution in [1.29, 1.82) is 0 Å². The topological polar surface area (TPSA) is 20.3 Å². The van der Waals surface area contributed by atoms with Gasteiger partial charge in [0.2, 0.25) is 0 Å². The van der Waals surface area contributed by atoms with Crippen molar-refractivity contribution in [3.63, 3.8) is 0 Å². The van der Waals surface area contributed by atoms with E-state index >= 15 is 0 Å². The highest BCUT2D eigenvalue weighted by Gasteiger charge is 2.32. The summed E-state index contributed by atoms with van der Waals surface area (Å²) in [5.41, 5.74) is -0.165. The zero-order valence-electron chi connectivity index (χ0n) is 12.2. The first kappa shape index (κ1) is 18.4. The SMILES string of the molecule is CSCCCN1C(=O)/C(=C/c2ccc(C(F)(F)F)cc2)SC1=S. The maximum atomic E-state index is 12.5. The number of amides is 1. The van der Waals surface area contributed by atoms with Crippen LogP contribution in [0.4, 0.5) is 13.2 Å². The highest BCUT2D eigenvalue weighted by Crippen LogP contribution is 2.33. The molecule has 0 unspecified atom stereocenters. The monoisotopic (exact) mass is 377 g/mol. The molecule has 1 aromatic carbocycles. The molecule has 0 aliphatic carbocycles. The third kappa shape index (κ3) is 4.74. The van der Waals surface area contributed by atoms with Gasteiger partial charge in [-0.2, -0.15) is 24.9 Å². The maximum Gasteiger partial charge on any atom is 0.416 e. The van der Waals surface area contributed by atoms with E-state index in [0.717, 1.165) is 24.3 Å². The second-order valence-electron chi connectivity index (χ2n) is 4.80. The lowest BCUT2D eigenvalue weighted by Gasteiger charge is -2.13. The van der Waals surface area contributed by atoms with Crippen LogP contribution < -0.4 is 0 Å². The number of carbonyl (C=O) groups is 1. The van der Waals surface area contributed by atoms with Crippen LogP contribution in [0.2, 0.25) is 0 Å². The Hall–Kier alpha value is -0.990. The number of hydrogen-bond acceptors (Lipinski definition) is 4. The van der Waals surface area contributed by atoms with E-state index in [9.17, 15) is 18.0 Å². The van der Waals surface area contributed by atoms with E-state index < -0.39 is 11.7 Å².